The van der Waals surface area contributed by atoms with E-state index in [4.69, 9.17) is 4.74 Å². The van der Waals surface area contributed by atoms with Gasteiger partial charge in [0, 0.05) is 23.2 Å². The number of fused-ring (bicyclic) bond motifs is 1. The number of aromatic nitrogens is 1. The highest BCUT2D eigenvalue weighted by atomic mass is 19.4. The Morgan fingerprint density at radius 3 is 2.39 bits per heavy atom. The van der Waals surface area contributed by atoms with Gasteiger partial charge in [-0.15, -0.1) is 0 Å². The number of pyridine rings is 1. The third-order valence-corrected chi connectivity index (χ3v) is 4.65. The molecule has 33 heavy (non-hydrogen) atoms. The van der Waals surface area contributed by atoms with Gasteiger partial charge in [0.15, 0.2) is 6.61 Å². The number of ether oxygens (including phenoxy) is 2. The molecule has 0 aliphatic carbocycles. The Morgan fingerprint density at radius 2 is 1.76 bits per heavy atom. The average molecular weight is 462 g/mol. The lowest BCUT2D eigenvalue weighted by atomic mass is 10.0. The highest BCUT2D eigenvalue weighted by molar-refractivity contribution is 6.05. The van der Waals surface area contributed by atoms with E-state index in [1.165, 1.54) is 38.2 Å². The van der Waals surface area contributed by atoms with Crippen LogP contribution in [-0.4, -0.2) is 40.3 Å². The van der Waals surface area contributed by atoms with Crippen LogP contribution in [0.1, 0.15) is 29.8 Å². The van der Waals surface area contributed by atoms with Crippen LogP contribution in [-0.2, 0) is 11.4 Å². The molecule has 0 spiro atoms. The zero-order valence-corrected chi connectivity index (χ0v) is 17.8. The number of benzene rings is 2. The smallest absolute Gasteiger partial charge is 0.422 e. The number of hydrogen-bond acceptors (Lipinski definition) is 5. The highest BCUT2D eigenvalue weighted by Crippen LogP contribution is 2.31. The molecule has 0 unspecified atom stereocenters. The van der Waals surface area contributed by atoms with Gasteiger partial charge in [0.25, 0.3) is 5.91 Å². The molecule has 2 aromatic carbocycles. The molecule has 2 N–H and O–H groups in total. The van der Waals surface area contributed by atoms with Crippen LogP contribution in [0.3, 0.4) is 0 Å². The monoisotopic (exact) mass is 462 g/mol. The number of nitrogens with zero attached hydrogens (tertiary/aromatic N) is 1. The van der Waals surface area contributed by atoms with Gasteiger partial charge in [0.2, 0.25) is 5.88 Å². The van der Waals surface area contributed by atoms with Crippen molar-refractivity contribution in [2.24, 2.45) is 0 Å². The van der Waals surface area contributed by atoms with Gasteiger partial charge in [0.1, 0.15) is 17.9 Å². The van der Waals surface area contributed by atoms with Crippen molar-refractivity contribution in [1.29, 1.82) is 0 Å². The minimum Gasteiger partial charge on any atom is -0.487 e. The highest BCUT2D eigenvalue weighted by Gasteiger charge is 2.31. The standard InChI is InChI=1S/C23H21F3N2O5/c1-22(2,21(30)31)28-20(29)17-9-8-15-5-3-4-6-16(15)19(17)32-12-14-7-10-18(27-11-14)33-13-23(24,25)26/h3-11H,12-13H2,1-2H3,(H,28,29)(H,30,31). The SMILES string of the molecule is CC(C)(NC(=O)c1ccc2ccccc2c1OCc1ccc(OCC(F)(F)F)nc1)C(=O)O. The largest absolute Gasteiger partial charge is 0.487 e. The molecule has 0 atom stereocenters. The van der Waals surface area contributed by atoms with E-state index in [2.05, 4.69) is 15.0 Å². The number of carboxylic acids is 1. The fourth-order valence-corrected chi connectivity index (χ4v) is 2.87. The van der Waals surface area contributed by atoms with E-state index in [0.29, 0.717) is 10.9 Å². The first-order valence-electron chi connectivity index (χ1n) is 9.81. The van der Waals surface area contributed by atoms with Gasteiger partial charge in [-0.05, 0) is 31.4 Å². The Labute approximate surface area is 187 Å². The minimum atomic E-state index is -4.47. The van der Waals surface area contributed by atoms with Crippen LogP contribution in [0.25, 0.3) is 10.8 Å². The molecular formula is C23H21F3N2O5. The molecule has 10 heteroatoms. The number of carbonyl (C=O) groups excluding carboxylic acids is 1. The Morgan fingerprint density at radius 1 is 1.03 bits per heavy atom. The van der Waals surface area contributed by atoms with E-state index < -0.39 is 30.2 Å². The predicted molar refractivity (Wildman–Crippen MR) is 113 cm³/mol. The van der Waals surface area contributed by atoms with Gasteiger partial charge in [-0.3, -0.25) is 4.79 Å². The first kappa shape index (κ1) is 23.8. The van der Waals surface area contributed by atoms with Crippen LogP contribution in [0.4, 0.5) is 13.2 Å². The number of aliphatic carboxylic acids is 1. The van der Waals surface area contributed by atoms with Crippen molar-refractivity contribution >= 4 is 22.6 Å². The lowest BCUT2D eigenvalue weighted by Gasteiger charge is -2.22. The van der Waals surface area contributed by atoms with Crippen molar-refractivity contribution in [2.75, 3.05) is 6.61 Å². The molecule has 3 rings (SSSR count). The van der Waals surface area contributed by atoms with E-state index in [1.807, 2.05) is 12.1 Å². The number of nitrogens with one attached hydrogen (secondary N) is 1. The summed E-state index contributed by atoms with van der Waals surface area (Å²) >= 11 is 0. The number of alkyl halides is 3. The number of carboxylic acid groups (broad SMARTS) is 1. The molecular weight excluding hydrogens is 441 g/mol. The number of rotatable bonds is 8. The van der Waals surface area contributed by atoms with Crippen LogP contribution >= 0.6 is 0 Å². The van der Waals surface area contributed by atoms with Gasteiger partial charge in [-0.2, -0.15) is 13.2 Å². The second kappa shape index (κ2) is 9.35. The number of carbonyl (C=O) groups is 2. The van der Waals surface area contributed by atoms with Crippen LogP contribution in [0, 0.1) is 0 Å². The van der Waals surface area contributed by atoms with Gasteiger partial charge >= 0.3 is 12.1 Å². The van der Waals surface area contributed by atoms with Crippen molar-refractivity contribution in [1.82, 2.24) is 10.3 Å². The minimum absolute atomic E-state index is 0.0385. The summed E-state index contributed by atoms with van der Waals surface area (Å²) in [5.74, 6) is -1.77. The molecule has 0 fully saturated rings. The first-order valence-corrected chi connectivity index (χ1v) is 9.81. The summed E-state index contributed by atoms with van der Waals surface area (Å²) in [6, 6.07) is 13.2. The molecule has 0 saturated carbocycles. The molecule has 1 heterocycles. The van der Waals surface area contributed by atoms with Crippen molar-refractivity contribution in [3.05, 3.63) is 65.9 Å². The predicted octanol–water partition coefficient (Wildman–Crippen LogP) is 4.35. The Hall–Kier alpha value is -3.82. The average Bonchev–Trinajstić information content (AvgIpc) is 2.75. The molecule has 0 radical (unpaired) electrons. The third-order valence-electron chi connectivity index (χ3n) is 4.65. The summed E-state index contributed by atoms with van der Waals surface area (Å²) < 4.78 is 47.3. The van der Waals surface area contributed by atoms with E-state index in [9.17, 15) is 27.9 Å². The maximum Gasteiger partial charge on any atom is 0.422 e. The van der Waals surface area contributed by atoms with Crippen LogP contribution in [0.2, 0.25) is 0 Å². The fraction of sp³-hybridized carbons (Fsp3) is 0.261. The van der Waals surface area contributed by atoms with Gasteiger partial charge < -0.3 is 19.9 Å². The quantitative estimate of drug-likeness (QED) is 0.517. The van der Waals surface area contributed by atoms with Gasteiger partial charge in [-0.1, -0.05) is 30.3 Å². The summed E-state index contributed by atoms with van der Waals surface area (Å²) in [6.45, 7) is 1.24. The fourth-order valence-electron chi connectivity index (χ4n) is 2.87. The maximum atomic E-state index is 12.9. The molecule has 0 aliphatic rings. The number of hydrogen-bond donors (Lipinski definition) is 2. The summed E-state index contributed by atoms with van der Waals surface area (Å²) in [5, 5.41) is 13.2. The lowest BCUT2D eigenvalue weighted by Crippen LogP contribution is -2.49. The number of halogens is 3. The molecule has 1 aromatic heterocycles. The summed E-state index contributed by atoms with van der Waals surface area (Å²) in [6.07, 6.45) is -3.16. The molecule has 0 saturated heterocycles. The maximum absolute atomic E-state index is 12.9. The van der Waals surface area contributed by atoms with E-state index in [0.717, 1.165) is 5.39 Å². The number of amides is 1. The molecule has 1 amide bonds. The third kappa shape index (κ3) is 6.12. The van der Waals surface area contributed by atoms with Crippen molar-refractivity contribution in [2.45, 2.75) is 32.2 Å². The summed E-state index contributed by atoms with van der Waals surface area (Å²) in [7, 11) is 0. The van der Waals surface area contributed by atoms with Gasteiger partial charge in [-0.25, -0.2) is 9.78 Å². The zero-order valence-electron chi connectivity index (χ0n) is 17.8. The Kier molecular flexibility index (Phi) is 6.75. The van der Waals surface area contributed by atoms with E-state index in [1.54, 1.807) is 18.2 Å². The first-order chi connectivity index (χ1) is 15.5. The van der Waals surface area contributed by atoms with Crippen molar-refractivity contribution in [3.63, 3.8) is 0 Å². The molecule has 0 aliphatic heterocycles. The second-order valence-corrected chi connectivity index (χ2v) is 7.74. The molecule has 3 aromatic rings. The Balaban J connectivity index is 1.83. The van der Waals surface area contributed by atoms with E-state index >= 15 is 0 Å². The molecule has 174 valence electrons. The van der Waals surface area contributed by atoms with Crippen LogP contribution in [0.15, 0.2) is 54.7 Å². The normalized spacial score (nSPS) is 11.8. The molecule has 0 bridgehead atoms. The van der Waals surface area contributed by atoms with Gasteiger partial charge in [0.05, 0.1) is 5.56 Å². The second-order valence-electron chi connectivity index (χ2n) is 7.74. The zero-order chi connectivity index (χ0) is 24.2. The van der Waals surface area contributed by atoms with Crippen LogP contribution < -0.4 is 14.8 Å². The van der Waals surface area contributed by atoms with Crippen molar-refractivity contribution < 1.29 is 37.3 Å². The topological polar surface area (TPSA) is 97.8 Å². The van der Waals surface area contributed by atoms with Crippen molar-refractivity contribution in [3.8, 4) is 11.6 Å². The molecule has 7 nitrogen and oxygen atoms in total. The van der Waals surface area contributed by atoms with E-state index in [-0.39, 0.29) is 23.8 Å². The van der Waals surface area contributed by atoms with Crippen LogP contribution in [0.5, 0.6) is 11.6 Å². The Bertz CT molecular complexity index is 1160. The summed E-state index contributed by atoms with van der Waals surface area (Å²) in [5.41, 5.74) is -0.837. The lowest BCUT2D eigenvalue weighted by molar-refractivity contribution is -0.154. The summed E-state index contributed by atoms with van der Waals surface area (Å²) in [4.78, 5) is 28.1.